The number of para-hydroxylation sites is 1. The van der Waals surface area contributed by atoms with Crippen molar-refractivity contribution >= 4 is 23.7 Å². The fourth-order valence-corrected chi connectivity index (χ4v) is 3.06. The van der Waals surface area contributed by atoms with E-state index in [2.05, 4.69) is 10.6 Å². The van der Waals surface area contributed by atoms with E-state index in [-0.39, 0.29) is 25.1 Å². The fraction of sp³-hybridized carbons (Fsp3) is 0.375. The zero-order chi connectivity index (χ0) is 22.6. The summed E-state index contributed by atoms with van der Waals surface area (Å²) in [5.74, 6) is -0.659. The molecule has 0 spiro atoms. The van der Waals surface area contributed by atoms with Crippen molar-refractivity contribution in [1.29, 1.82) is 0 Å². The van der Waals surface area contributed by atoms with E-state index in [0.717, 1.165) is 22.4 Å². The minimum atomic E-state index is -0.778. The first-order valence-electron chi connectivity index (χ1n) is 10.3. The lowest BCUT2D eigenvalue weighted by Gasteiger charge is -2.20. The molecule has 0 aromatic heterocycles. The van der Waals surface area contributed by atoms with E-state index >= 15 is 0 Å². The van der Waals surface area contributed by atoms with Gasteiger partial charge in [-0.1, -0.05) is 48.5 Å². The Morgan fingerprint density at radius 1 is 0.903 bits per heavy atom. The monoisotopic (exact) mass is 426 g/mol. The summed E-state index contributed by atoms with van der Waals surface area (Å²) >= 11 is 0. The van der Waals surface area contributed by atoms with Crippen molar-refractivity contribution in [3.05, 3.63) is 65.2 Å². The van der Waals surface area contributed by atoms with Gasteiger partial charge in [0.25, 0.3) is 0 Å². The maximum atomic E-state index is 12.9. The Kier molecular flexibility index (Phi) is 9.55. The molecule has 0 saturated heterocycles. The zero-order valence-corrected chi connectivity index (χ0v) is 18.3. The van der Waals surface area contributed by atoms with Crippen molar-refractivity contribution in [2.75, 3.05) is 11.9 Å². The van der Waals surface area contributed by atoms with Gasteiger partial charge in [0.15, 0.2) is 0 Å². The van der Waals surface area contributed by atoms with Gasteiger partial charge in [0, 0.05) is 12.6 Å². The van der Waals surface area contributed by atoms with Crippen LogP contribution in [0.2, 0.25) is 0 Å². The second-order valence-electron chi connectivity index (χ2n) is 7.35. The molecule has 2 aromatic rings. The highest BCUT2D eigenvalue weighted by molar-refractivity contribution is 5.97. The lowest BCUT2D eigenvalue weighted by atomic mass is 10.1. The van der Waals surface area contributed by atoms with Gasteiger partial charge < -0.3 is 20.1 Å². The Morgan fingerprint density at radius 2 is 1.58 bits per heavy atom. The van der Waals surface area contributed by atoms with Gasteiger partial charge in [-0.25, -0.2) is 4.79 Å². The van der Waals surface area contributed by atoms with Crippen LogP contribution in [0, 0.1) is 13.8 Å². The van der Waals surface area contributed by atoms with Crippen molar-refractivity contribution < 1.29 is 23.9 Å². The van der Waals surface area contributed by atoms with Crippen LogP contribution in [0.5, 0.6) is 0 Å². The Morgan fingerprint density at radius 3 is 2.23 bits per heavy atom. The highest BCUT2D eigenvalue weighted by Crippen LogP contribution is 2.20. The second-order valence-corrected chi connectivity index (χ2v) is 7.35. The van der Waals surface area contributed by atoms with Crippen molar-refractivity contribution in [3.8, 4) is 0 Å². The Hall–Kier alpha value is -3.35. The van der Waals surface area contributed by atoms with Crippen LogP contribution in [0.1, 0.15) is 42.9 Å². The third kappa shape index (κ3) is 8.50. The quantitative estimate of drug-likeness (QED) is 0.437. The van der Waals surface area contributed by atoms with E-state index in [1.54, 1.807) is 0 Å². The molecule has 31 heavy (non-hydrogen) atoms. The summed E-state index contributed by atoms with van der Waals surface area (Å²) in [6.45, 7) is 5.57. The predicted octanol–water partition coefficient (Wildman–Crippen LogP) is 4.27. The molecule has 0 aliphatic carbocycles. The number of aryl methyl sites for hydroxylation is 2. The topological polar surface area (TPSA) is 93.7 Å². The highest BCUT2D eigenvalue weighted by Gasteiger charge is 2.22. The van der Waals surface area contributed by atoms with Gasteiger partial charge in [0.05, 0.1) is 6.61 Å². The number of unbranched alkanes of at least 4 members (excludes halogenated alkanes) is 1. The number of hydrogen-bond acceptors (Lipinski definition) is 5. The van der Waals surface area contributed by atoms with Crippen LogP contribution in [0.3, 0.4) is 0 Å². The highest BCUT2D eigenvalue weighted by atomic mass is 16.5. The molecule has 0 aliphatic heterocycles. The number of alkyl carbamates (subject to hydrolysis) is 1. The number of carbonyl (C=O) groups excluding carboxylic acids is 3. The maximum absolute atomic E-state index is 12.9. The summed E-state index contributed by atoms with van der Waals surface area (Å²) in [5.41, 5.74) is 3.47. The largest absolute Gasteiger partial charge is 0.466 e. The molecule has 7 heteroatoms. The molecule has 0 heterocycles. The summed E-state index contributed by atoms with van der Waals surface area (Å²) in [4.78, 5) is 36.1. The molecule has 2 aromatic carbocycles. The van der Waals surface area contributed by atoms with Crippen LogP contribution in [-0.2, 0) is 25.7 Å². The standard InChI is InChI=1S/C24H30N2O5/c1-17-10-9-11-18(2)22(17)26-23(28)21(14-7-8-15-30-19(3)27)25-24(29)31-16-20-12-5-4-6-13-20/h4-6,9-13,21H,7-8,14-16H2,1-3H3,(H,25,29)(H,26,28)/t21-/m0/s1. The number of anilines is 1. The molecule has 2 N–H and O–H groups in total. The van der Waals surface area contributed by atoms with E-state index in [1.807, 2.05) is 62.4 Å². The van der Waals surface area contributed by atoms with Crippen molar-refractivity contribution in [2.45, 2.75) is 52.7 Å². The summed E-state index contributed by atoms with van der Waals surface area (Å²) in [5, 5.41) is 5.59. The number of benzene rings is 2. The first-order valence-corrected chi connectivity index (χ1v) is 10.3. The van der Waals surface area contributed by atoms with Crippen molar-refractivity contribution in [3.63, 3.8) is 0 Å². The second kappa shape index (κ2) is 12.4. The van der Waals surface area contributed by atoms with Gasteiger partial charge in [-0.3, -0.25) is 9.59 Å². The molecule has 7 nitrogen and oxygen atoms in total. The Labute approximate surface area is 183 Å². The van der Waals surface area contributed by atoms with Gasteiger partial charge in [0.2, 0.25) is 5.91 Å². The van der Waals surface area contributed by atoms with Crippen LogP contribution >= 0.6 is 0 Å². The van der Waals surface area contributed by atoms with Gasteiger partial charge in [-0.05, 0) is 49.8 Å². The zero-order valence-electron chi connectivity index (χ0n) is 18.3. The van der Waals surface area contributed by atoms with E-state index in [1.165, 1.54) is 6.92 Å². The minimum absolute atomic E-state index is 0.115. The van der Waals surface area contributed by atoms with Gasteiger partial charge in [0.1, 0.15) is 12.6 Å². The van der Waals surface area contributed by atoms with Gasteiger partial charge >= 0.3 is 12.1 Å². The molecule has 0 unspecified atom stereocenters. The van der Waals surface area contributed by atoms with E-state index in [9.17, 15) is 14.4 Å². The Bertz CT molecular complexity index is 863. The molecule has 0 aliphatic rings. The molecule has 0 saturated carbocycles. The molecule has 1 atom stereocenters. The number of carbonyl (C=O) groups is 3. The first-order chi connectivity index (χ1) is 14.9. The lowest BCUT2D eigenvalue weighted by Crippen LogP contribution is -2.44. The van der Waals surface area contributed by atoms with E-state index < -0.39 is 12.1 Å². The number of amides is 2. The molecule has 2 rings (SSSR count). The van der Waals surface area contributed by atoms with Crippen LogP contribution in [0.4, 0.5) is 10.5 Å². The van der Waals surface area contributed by atoms with E-state index in [0.29, 0.717) is 19.3 Å². The number of ether oxygens (including phenoxy) is 2. The van der Waals surface area contributed by atoms with Crippen LogP contribution in [-0.4, -0.2) is 30.6 Å². The summed E-state index contributed by atoms with van der Waals surface area (Å²) in [7, 11) is 0. The number of rotatable bonds is 10. The molecular formula is C24H30N2O5. The first kappa shape index (κ1) is 23.9. The lowest BCUT2D eigenvalue weighted by molar-refractivity contribution is -0.141. The van der Waals surface area contributed by atoms with Crippen LogP contribution in [0.25, 0.3) is 0 Å². The summed E-state index contributed by atoms with van der Waals surface area (Å²) in [6, 6.07) is 14.3. The smallest absolute Gasteiger partial charge is 0.408 e. The molecular weight excluding hydrogens is 396 g/mol. The third-order valence-electron chi connectivity index (χ3n) is 4.74. The normalized spacial score (nSPS) is 11.3. The Balaban J connectivity index is 1.98. The maximum Gasteiger partial charge on any atom is 0.408 e. The van der Waals surface area contributed by atoms with E-state index in [4.69, 9.17) is 9.47 Å². The molecule has 166 valence electrons. The minimum Gasteiger partial charge on any atom is -0.466 e. The van der Waals surface area contributed by atoms with Crippen molar-refractivity contribution in [1.82, 2.24) is 5.32 Å². The average Bonchev–Trinajstić information content (AvgIpc) is 2.74. The number of hydrogen-bond donors (Lipinski definition) is 2. The number of esters is 1. The number of nitrogens with one attached hydrogen (secondary N) is 2. The fourth-order valence-electron chi connectivity index (χ4n) is 3.06. The molecule has 2 amide bonds. The SMILES string of the molecule is CC(=O)OCCCC[C@H](NC(=O)OCc1ccccc1)C(=O)Nc1c(C)cccc1C. The molecule has 0 radical (unpaired) electrons. The van der Waals surface area contributed by atoms with Crippen LogP contribution in [0.15, 0.2) is 48.5 Å². The van der Waals surface area contributed by atoms with Crippen LogP contribution < -0.4 is 10.6 Å². The predicted molar refractivity (Wildman–Crippen MR) is 119 cm³/mol. The molecule has 0 fully saturated rings. The molecule has 0 bridgehead atoms. The summed E-state index contributed by atoms with van der Waals surface area (Å²) in [6.07, 6.45) is 0.911. The third-order valence-corrected chi connectivity index (χ3v) is 4.74. The average molecular weight is 427 g/mol. The van der Waals surface area contributed by atoms with Gasteiger partial charge in [-0.2, -0.15) is 0 Å². The summed E-state index contributed by atoms with van der Waals surface area (Å²) < 4.78 is 10.2. The van der Waals surface area contributed by atoms with Crippen molar-refractivity contribution in [2.24, 2.45) is 0 Å². The van der Waals surface area contributed by atoms with Gasteiger partial charge in [-0.15, -0.1) is 0 Å².